The zero-order valence-corrected chi connectivity index (χ0v) is 22.5. The molecule has 0 aliphatic carbocycles. The second-order valence-electron chi connectivity index (χ2n) is 10.4. The average molecular weight is 519 g/mol. The summed E-state index contributed by atoms with van der Waals surface area (Å²) in [6.07, 6.45) is 21.0. The van der Waals surface area contributed by atoms with E-state index in [-0.39, 0.29) is 23.7 Å². The van der Waals surface area contributed by atoms with Crippen LogP contribution in [0.1, 0.15) is 122 Å². The summed E-state index contributed by atoms with van der Waals surface area (Å²) in [4.78, 5) is 35.3. The van der Waals surface area contributed by atoms with Gasteiger partial charge in [-0.1, -0.05) is 96.8 Å². The lowest BCUT2D eigenvalue weighted by atomic mass is 10.0. The molecule has 3 atom stereocenters. The predicted molar refractivity (Wildman–Crippen MR) is 143 cm³/mol. The third-order valence-corrected chi connectivity index (χ3v) is 7.26. The van der Waals surface area contributed by atoms with Gasteiger partial charge in [-0.25, -0.2) is 9.97 Å². The molecule has 3 heterocycles. The van der Waals surface area contributed by atoms with Gasteiger partial charge in [0.15, 0.2) is 17.4 Å². The monoisotopic (exact) mass is 518 g/mol. The lowest BCUT2D eigenvalue weighted by molar-refractivity contribution is -0.155. The average Bonchev–Trinajstić information content (AvgIpc) is 3.51. The molecule has 1 fully saturated rings. The van der Waals surface area contributed by atoms with Crippen molar-refractivity contribution in [3.8, 4) is 0 Å². The number of nitrogens with zero attached hydrogens (tertiary/aromatic N) is 3. The minimum Gasteiger partial charge on any atom is -0.457 e. The van der Waals surface area contributed by atoms with Crippen molar-refractivity contribution in [2.45, 2.75) is 135 Å². The van der Waals surface area contributed by atoms with Crippen molar-refractivity contribution in [3.05, 3.63) is 23.0 Å². The molecule has 0 saturated carbocycles. The Morgan fingerprint density at radius 1 is 1.00 bits per heavy atom. The molecule has 0 spiro atoms. The SMILES string of the molecule is CCCCCCCCCCCCCCCCCC(=O)OC1C[C@@H](CO)O[C@H]1n1cnc2c(=O)[nH]cnc21. The Bertz CT molecular complexity index is 975. The highest BCUT2D eigenvalue weighted by Gasteiger charge is 2.39. The molecule has 0 bridgehead atoms. The van der Waals surface area contributed by atoms with Gasteiger partial charge in [0, 0.05) is 12.8 Å². The van der Waals surface area contributed by atoms with E-state index in [0.29, 0.717) is 18.5 Å². The highest BCUT2D eigenvalue weighted by Crippen LogP contribution is 2.33. The number of aromatic amines is 1. The summed E-state index contributed by atoms with van der Waals surface area (Å²) in [5, 5.41) is 9.58. The molecular weight excluding hydrogens is 472 g/mol. The van der Waals surface area contributed by atoms with Gasteiger partial charge in [0.05, 0.1) is 25.4 Å². The molecule has 0 aromatic carbocycles. The van der Waals surface area contributed by atoms with Crippen LogP contribution in [-0.2, 0) is 14.3 Å². The summed E-state index contributed by atoms with van der Waals surface area (Å²) in [6.45, 7) is 2.09. The number of unbranched alkanes of at least 4 members (excludes halogenated alkanes) is 14. The number of hydrogen-bond donors (Lipinski definition) is 2. The number of aliphatic hydroxyl groups is 1. The van der Waals surface area contributed by atoms with Crippen molar-refractivity contribution in [2.24, 2.45) is 0 Å². The number of H-pyrrole nitrogens is 1. The van der Waals surface area contributed by atoms with Gasteiger partial charge in [-0.05, 0) is 6.42 Å². The maximum absolute atomic E-state index is 12.5. The first-order chi connectivity index (χ1) is 18.1. The zero-order chi connectivity index (χ0) is 26.3. The van der Waals surface area contributed by atoms with Gasteiger partial charge >= 0.3 is 5.97 Å². The Morgan fingerprint density at radius 2 is 1.59 bits per heavy atom. The fraction of sp³-hybridized carbons (Fsp3) is 0.786. The lowest BCUT2D eigenvalue weighted by Gasteiger charge is -2.20. The number of aliphatic hydroxyl groups excluding tert-OH is 1. The van der Waals surface area contributed by atoms with E-state index in [4.69, 9.17) is 9.47 Å². The Labute approximate surface area is 220 Å². The summed E-state index contributed by atoms with van der Waals surface area (Å²) in [7, 11) is 0. The molecule has 0 amide bonds. The van der Waals surface area contributed by atoms with Crippen molar-refractivity contribution >= 4 is 17.1 Å². The molecule has 2 N–H and O–H groups in total. The van der Waals surface area contributed by atoms with Crippen LogP contribution in [0, 0.1) is 0 Å². The van der Waals surface area contributed by atoms with Crippen molar-refractivity contribution < 1.29 is 19.4 Å². The number of aromatic nitrogens is 4. The van der Waals surface area contributed by atoms with E-state index in [1.807, 2.05) is 0 Å². The van der Waals surface area contributed by atoms with Crippen LogP contribution in [0.25, 0.3) is 11.2 Å². The van der Waals surface area contributed by atoms with E-state index in [1.54, 1.807) is 4.57 Å². The largest absolute Gasteiger partial charge is 0.457 e. The third-order valence-electron chi connectivity index (χ3n) is 7.26. The van der Waals surface area contributed by atoms with Gasteiger partial charge in [0.2, 0.25) is 0 Å². The molecule has 3 rings (SSSR count). The van der Waals surface area contributed by atoms with Crippen LogP contribution in [0.15, 0.2) is 17.4 Å². The first kappa shape index (κ1) is 29.3. The van der Waals surface area contributed by atoms with Gasteiger partial charge in [0.25, 0.3) is 5.56 Å². The summed E-state index contributed by atoms with van der Waals surface area (Å²) in [6, 6.07) is 0. The van der Waals surface area contributed by atoms with Gasteiger partial charge in [-0.15, -0.1) is 0 Å². The Kier molecular flexibility index (Phi) is 13.1. The Hall–Kier alpha value is -2.26. The van der Waals surface area contributed by atoms with Crippen LogP contribution in [-0.4, -0.2) is 49.4 Å². The fourth-order valence-electron chi connectivity index (χ4n) is 5.10. The second kappa shape index (κ2) is 16.6. The van der Waals surface area contributed by atoms with E-state index < -0.39 is 18.4 Å². The second-order valence-corrected chi connectivity index (χ2v) is 10.4. The molecule has 208 valence electrons. The number of carbonyl (C=O) groups is 1. The fourth-order valence-corrected chi connectivity index (χ4v) is 5.10. The van der Waals surface area contributed by atoms with Crippen LogP contribution >= 0.6 is 0 Å². The number of esters is 1. The van der Waals surface area contributed by atoms with Crippen LogP contribution in [0.3, 0.4) is 0 Å². The van der Waals surface area contributed by atoms with Crippen LogP contribution < -0.4 is 5.56 Å². The van der Waals surface area contributed by atoms with E-state index in [1.165, 1.54) is 89.7 Å². The first-order valence-corrected chi connectivity index (χ1v) is 14.5. The molecule has 0 radical (unpaired) electrons. The molecule has 37 heavy (non-hydrogen) atoms. The van der Waals surface area contributed by atoms with Crippen LogP contribution in [0.5, 0.6) is 0 Å². The minimum atomic E-state index is -0.679. The van der Waals surface area contributed by atoms with Crippen LogP contribution in [0.4, 0.5) is 0 Å². The van der Waals surface area contributed by atoms with Gasteiger partial charge in [-0.3, -0.25) is 14.2 Å². The number of nitrogens with one attached hydrogen (secondary N) is 1. The topological polar surface area (TPSA) is 119 Å². The summed E-state index contributed by atoms with van der Waals surface area (Å²) in [5.41, 5.74) is 0.208. The molecular formula is C28H46N4O5. The molecule has 9 nitrogen and oxygen atoms in total. The van der Waals surface area contributed by atoms with Crippen molar-refractivity contribution in [1.29, 1.82) is 0 Å². The number of hydrogen-bond acceptors (Lipinski definition) is 7. The summed E-state index contributed by atoms with van der Waals surface area (Å²) in [5.74, 6) is -0.262. The summed E-state index contributed by atoms with van der Waals surface area (Å²) < 4.78 is 13.2. The van der Waals surface area contributed by atoms with Gasteiger partial charge < -0.3 is 19.6 Å². The van der Waals surface area contributed by atoms with E-state index in [2.05, 4.69) is 21.9 Å². The standard InChI is InChI=1S/C28H46N4O5/c1-2-3-4-5-6-7-8-9-10-11-12-13-14-15-16-17-24(34)37-23-18-22(19-33)36-28(23)32-21-31-25-26(32)29-20-30-27(25)35/h20-23,28,33H,2-19H2,1H3,(H,29,30,35)/t22-,23?,28+/m0/s1. The molecule has 1 aliphatic rings. The molecule has 1 saturated heterocycles. The Morgan fingerprint density at radius 3 is 2.19 bits per heavy atom. The van der Waals surface area contributed by atoms with Crippen molar-refractivity contribution in [2.75, 3.05) is 6.61 Å². The number of imidazole rings is 1. The third kappa shape index (κ3) is 9.52. The highest BCUT2D eigenvalue weighted by atomic mass is 16.6. The quantitative estimate of drug-likeness (QED) is 0.184. The molecule has 1 aliphatic heterocycles. The normalized spacial score (nSPS) is 19.6. The zero-order valence-electron chi connectivity index (χ0n) is 22.5. The summed E-state index contributed by atoms with van der Waals surface area (Å²) >= 11 is 0. The number of fused-ring (bicyclic) bond motifs is 1. The lowest BCUT2D eigenvalue weighted by Crippen LogP contribution is -2.25. The molecule has 2 aromatic rings. The minimum absolute atomic E-state index is 0.176. The maximum Gasteiger partial charge on any atom is 0.306 e. The first-order valence-electron chi connectivity index (χ1n) is 14.5. The maximum atomic E-state index is 12.5. The van der Waals surface area contributed by atoms with E-state index >= 15 is 0 Å². The molecule has 9 heteroatoms. The van der Waals surface area contributed by atoms with E-state index in [9.17, 15) is 14.7 Å². The van der Waals surface area contributed by atoms with Crippen LogP contribution in [0.2, 0.25) is 0 Å². The van der Waals surface area contributed by atoms with E-state index in [0.717, 1.165) is 19.3 Å². The molecule has 2 aromatic heterocycles. The predicted octanol–water partition coefficient (Wildman–Crippen LogP) is 5.57. The Balaban J connectivity index is 1.27. The van der Waals surface area contributed by atoms with Crippen molar-refractivity contribution in [1.82, 2.24) is 19.5 Å². The smallest absolute Gasteiger partial charge is 0.306 e. The number of ether oxygens (including phenoxy) is 2. The molecule has 1 unspecified atom stereocenters. The van der Waals surface area contributed by atoms with Gasteiger partial charge in [0.1, 0.15) is 6.10 Å². The number of rotatable bonds is 19. The van der Waals surface area contributed by atoms with Gasteiger partial charge in [-0.2, -0.15) is 0 Å². The number of carbonyl (C=O) groups excluding carboxylic acids is 1. The van der Waals surface area contributed by atoms with Crippen molar-refractivity contribution in [3.63, 3.8) is 0 Å². The highest BCUT2D eigenvalue weighted by molar-refractivity contribution is 5.70.